The second kappa shape index (κ2) is 7.91. The van der Waals surface area contributed by atoms with E-state index in [4.69, 9.17) is 5.73 Å². The Morgan fingerprint density at radius 2 is 2.09 bits per heavy atom. The number of nitrogens with one attached hydrogen (secondary N) is 1. The lowest BCUT2D eigenvalue weighted by molar-refractivity contribution is -0.133. The van der Waals surface area contributed by atoms with Crippen molar-refractivity contribution in [3.05, 3.63) is 35.9 Å². The van der Waals surface area contributed by atoms with E-state index in [1.807, 2.05) is 30.3 Å². The number of amides is 2. The molecule has 2 atom stereocenters. The maximum absolute atomic E-state index is 12.2. The molecule has 0 saturated carbocycles. The van der Waals surface area contributed by atoms with Crippen molar-refractivity contribution in [1.29, 1.82) is 0 Å². The molecule has 1 aromatic carbocycles. The van der Waals surface area contributed by atoms with Crippen LogP contribution in [0, 0.1) is 0 Å². The molecule has 1 aromatic rings. The Balaban J connectivity index is 1.90. The molecule has 22 heavy (non-hydrogen) atoms. The van der Waals surface area contributed by atoms with Crippen LogP contribution in [0.3, 0.4) is 0 Å². The molecule has 0 aromatic heterocycles. The summed E-state index contributed by atoms with van der Waals surface area (Å²) < 4.78 is 0. The van der Waals surface area contributed by atoms with E-state index in [2.05, 4.69) is 5.32 Å². The standard InChI is InChI=1S/C16H23N3O3/c17-10-15(21)18-11-16(22)19-8-4-7-13(19)9-14(20)12-5-2-1-3-6-12/h1-3,5-6,13-14,20H,4,7-11,17H2,(H,18,21). The summed E-state index contributed by atoms with van der Waals surface area (Å²) in [4.78, 5) is 25.1. The summed E-state index contributed by atoms with van der Waals surface area (Å²) in [5, 5.41) is 12.8. The summed E-state index contributed by atoms with van der Waals surface area (Å²) in [5.74, 6) is -0.460. The van der Waals surface area contributed by atoms with Crippen LogP contribution in [-0.2, 0) is 9.59 Å². The van der Waals surface area contributed by atoms with Crippen LogP contribution in [0.2, 0.25) is 0 Å². The molecule has 1 aliphatic rings. The first-order valence-electron chi connectivity index (χ1n) is 7.61. The number of carbonyl (C=O) groups is 2. The molecule has 6 nitrogen and oxygen atoms in total. The Hall–Kier alpha value is -1.92. The van der Waals surface area contributed by atoms with Crippen molar-refractivity contribution in [2.45, 2.75) is 31.4 Å². The molecule has 6 heteroatoms. The highest BCUT2D eigenvalue weighted by molar-refractivity contribution is 5.85. The molecule has 0 aliphatic carbocycles. The molecule has 4 N–H and O–H groups in total. The van der Waals surface area contributed by atoms with Gasteiger partial charge in [0.25, 0.3) is 0 Å². The Morgan fingerprint density at radius 1 is 1.36 bits per heavy atom. The highest BCUT2D eigenvalue weighted by Crippen LogP contribution is 2.27. The fraction of sp³-hybridized carbons (Fsp3) is 0.500. The number of aliphatic hydroxyl groups is 1. The monoisotopic (exact) mass is 305 g/mol. The van der Waals surface area contributed by atoms with Gasteiger partial charge < -0.3 is 21.1 Å². The van der Waals surface area contributed by atoms with E-state index in [0.717, 1.165) is 18.4 Å². The van der Waals surface area contributed by atoms with Crippen LogP contribution < -0.4 is 11.1 Å². The van der Waals surface area contributed by atoms with Gasteiger partial charge in [-0.2, -0.15) is 0 Å². The zero-order valence-corrected chi connectivity index (χ0v) is 12.6. The van der Waals surface area contributed by atoms with Crippen LogP contribution in [0.1, 0.15) is 30.9 Å². The summed E-state index contributed by atoms with van der Waals surface area (Å²) >= 11 is 0. The lowest BCUT2D eigenvalue weighted by atomic mass is 10.0. The van der Waals surface area contributed by atoms with Crippen molar-refractivity contribution in [2.24, 2.45) is 5.73 Å². The van der Waals surface area contributed by atoms with Gasteiger partial charge in [0.2, 0.25) is 11.8 Å². The van der Waals surface area contributed by atoms with E-state index in [0.29, 0.717) is 13.0 Å². The number of nitrogens with two attached hydrogens (primary N) is 1. The van der Waals surface area contributed by atoms with E-state index >= 15 is 0 Å². The first kappa shape index (κ1) is 16.5. The van der Waals surface area contributed by atoms with Crippen LogP contribution in [-0.4, -0.2) is 47.5 Å². The highest BCUT2D eigenvalue weighted by Gasteiger charge is 2.30. The van der Waals surface area contributed by atoms with Crippen LogP contribution in [0.15, 0.2) is 30.3 Å². The van der Waals surface area contributed by atoms with Gasteiger partial charge in [0.1, 0.15) is 0 Å². The Kier molecular flexibility index (Phi) is 5.91. The van der Waals surface area contributed by atoms with E-state index < -0.39 is 6.10 Å². The van der Waals surface area contributed by atoms with Gasteiger partial charge in [-0.15, -0.1) is 0 Å². The van der Waals surface area contributed by atoms with Crippen molar-refractivity contribution in [3.8, 4) is 0 Å². The van der Waals surface area contributed by atoms with Crippen molar-refractivity contribution in [2.75, 3.05) is 19.6 Å². The minimum Gasteiger partial charge on any atom is -0.388 e. The maximum Gasteiger partial charge on any atom is 0.242 e. The SMILES string of the molecule is NCC(=O)NCC(=O)N1CCCC1CC(O)c1ccccc1. The molecule has 0 radical (unpaired) electrons. The first-order valence-corrected chi connectivity index (χ1v) is 7.61. The average Bonchev–Trinajstić information content (AvgIpc) is 3.01. The van der Waals surface area contributed by atoms with Crippen molar-refractivity contribution in [3.63, 3.8) is 0 Å². The molecule has 1 fully saturated rings. The van der Waals surface area contributed by atoms with Crippen molar-refractivity contribution >= 4 is 11.8 Å². The fourth-order valence-corrected chi connectivity index (χ4v) is 2.83. The summed E-state index contributed by atoms with van der Waals surface area (Å²) in [6.07, 6.45) is 1.72. The predicted molar refractivity (Wildman–Crippen MR) is 82.8 cm³/mol. The summed E-state index contributed by atoms with van der Waals surface area (Å²) in [6, 6.07) is 9.46. The quantitative estimate of drug-likeness (QED) is 0.698. The fourth-order valence-electron chi connectivity index (χ4n) is 2.83. The van der Waals surface area contributed by atoms with Gasteiger partial charge in [-0.05, 0) is 24.8 Å². The van der Waals surface area contributed by atoms with Gasteiger partial charge in [0.05, 0.1) is 19.2 Å². The average molecular weight is 305 g/mol. The molecule has 0 bridgehead atoms. The van der Waals surface area contributed by atoms with E-state index in [9.17, 15) is 14.7 Å². The topological polar surface area (TPSA) is 95.7 Å². The van der Waals surface area contributed by atoms with Gasteiger partial charge in [0.15, 0.2) is 0 Å². The summed E-state index contributed by atoms with van der Waals surface area (Å²) in [6.45, 7) is 0.515. The van der Waals surface area contributed by atoms with Crippen LogP contribution >= 0.6 is 0 Å². The van der Waals surface area contributed by atoms with Gasteiger partial charge in [-0.25, -0.2) is 0 Å². The van der Waals surface area contributed by atoms with E-state index in [1.165, 1.54) is 0 Å². The lowest BCUT2D eigenvalue weighted by Gasteiger charge is -2.27. The second-order valence-corrected chi connectivity index (χ2v) is 5.53. The van der Waals surface area contributed by atoms with Crippen molar-refractivity contribution < 1.29 is 14.7 Å². The predicted octanol–water partition coefficient (Wildman–Crippen LogP) is 0.176. The van der Waals surface area contributed by atoms with E-state index in [1.54, 1.807) is 4.90 Å². The molecule has 1 saturated heterocycles. The molecule has 1 heterocycles. The maximum atomic E-state index is 12.2. The van der Waals surface area contributed by atoms with Crippen LogP contribution in [0.4, 0.5) is 0 Å². The molecular formula is C16H23N3O3. The largest absolute Gasteiger partial charge is 0.388 e. The first-order chi connectivity index (χ1) is 10.6. The number of aliphatic hydroxyl groups excluding tert-OH is 1. The van der Waals surface area contributed by atoms with Gasteiger partial charge in [-0.3, -0.25) is 9.59 Å². The highest BCUT2D eigenvalue weighted by atomic mass is 16.3. The molecule has 2 unspecified atom stereocenters. The number of hydrogen-bond acceptors (Lipinski definition) is 4. The molecule has 120 valence electrons. The minimum absolute atomic E-state index is 0.0116. The number of carbonyl (C=O) groups excluding carboxylic acids is 2. The Morgan fingerprint density at radius 3 is 2.77 bits per heavy atom. The molecular weight excluding hydrogens is 282 g/mol. The zero-order chi connectivity index (χ0) is 15.9. The lowest BCUT2D eigenvalue weighted by Crippen LogP contribution is -2.44. The van der Waals surface area contributed by atoms with Crippen LogP contribution in [0.5, 0.6) is 0 Å². The molecule has 2 rings (SSSR count). The third kappa shape index (κ3) is 4.29. The molecule has 1 aliphatic heterocycles. The van der Waals surface area contributed by atoms with Crippen molar-refractivity contribution in [1.82, 2.24) is 10.2 Å². The number of rotatable bonds is 6. The number of nitrogens with zero attached hydrogens (tertiary/aromatic N) is 1. The second-order valence-electron chi connectivity index (χ2n) is 5.53. The van der Waals surface area contributed by atoms with E-state index in [-0.39, 0.29) is 30.9 Å². The Bertz CT molecular complexity index is 507. The van der Waals surface area contributed by atoms with Gasteiger partial charge in [0, 0.05) is 12.6 Å². The smallest absolute Gasteiger partial charge is 0.242 e. The normalized spacial score (nSPS) is 19.0. The third-order valence-electron chi connectivity index (χ3n) is 4.00. The number of hydrogen-bond donors (Lipinski definition) is 3. The summed E-state index contributed by atoms with van der Waals surface area (Å²) in [7, 11) is 0. The van der Waals surface area contributed by atoms with Crippen LogP contribution in [0.25, 0.3) is 0 Å². The number of likely N-dealkylation sites (tertiary alicyclic amines) is 1. The van der Waals surface area contributed by atoms with Gasteiger partial charge >= 0.3 is 0 Å². The third-order valence-corrected chi connectivity index (χ3v) is 4.00. The molecule has 0 spiro atoms. The Labute approximate surface area is 130 Å². The summed E-state index contributed by atoms with van der Waals surface area (Å²) in [5.41, 5.74) is 6.06. The number of benzene rings is 1. The van der Waals surface area contributed by atoms with Gasteiger partial charge in [-0.1, -0.05) is 30.3 Å². The zero-order valence-electron chi connectivity index (χ0n) is 12.6. The minimum atomic E-state index is -0.585. The molecule has 2 amide bonds.